The van der Waals surface area contributed by atoms with Gasteiger partial charge in [0.15, 0.2) is 11.6 Å². The molecule has 0 aliphatic heterocycles. The van der Waals surface area contributed by atoms with Gasteiger partial charge in [0.1, 0.15) is 12.4 Å². The molecular formula is C13H10BrFO4. The lowest BCUT2D eigenvalue weighted by atomic mass is 10.3. The van der Waals surface area contributed by atoms with Gasteiger partial charge in [-0.1, -0.05) is 15.9 Å². The second kappa shape index (κ2) is 5.88. The Balaban J connectivity index is 2.02. The van der Waals surface area contributed by atoms with Crippen LogP contribution in [0.2, 0.25) is 0 Å². The Labute approximate surface area is 117 Å². The second-order valence-corrected chi connectivity index (χ2v) is 4.54. The standard InChI is InChI=1S/C13H10BrFO4/c1-17-13(16)12-5-3-9(19-12)7-18-11-4-2-8(14)6-10(11)15/h2-6H,7H2,1H3. The Morgan fingerprint density at radius 3 is 2.84 bits per heavy atom. The summed E-state index contributed by atoms with van der Waals surface area (Å²) >= 11 is 3.15. The molecule has 0 fully saturated rings. The van der Waals surface area contributed by atoms with Crippen LogP contribution in [0.15, 0.2) is 39.2 Å². The highest BCUT2D eigenvalue weighted by molar-refractivity contribution is 9.10. The van der Waals surface area contributed by atoms with E-state index in [1.165, 1.54) is 25.3 Å². The maximum Gasteiger partial charge on any atom is 0.373 e. The van der Waals surface area contributed by atoms with Crippen molar-refractivity contribution in [1.29, 1.82) is 0 Å². The van der Waals surface area contributed by atoms with E-state index in [-0.39, 0.29) is 18.1 Å². The molecule has 0 radical (unpaired) electrons. The smallest absolute Gasteiger partial charge is 0.373 e. The Morgan fingerprint density at radius 2 is 2.16 bits per heavy atom. The van der Waals surface area contributed by atoms with Gasteiger partial charge in [-0.25, -0.2) is 9.18 Å². The minimum atomic E-state index is -0.568. The molecule has 2 rings (SSSR count). The highest BCUT2D eigenvalue weighted by Gasteiger charge is 2.12. The highest BCUT2D eigenvalue weighted by Crippen LogP contribution is 2.22. The first-order chi connectivity index (χ1) is 9.10. The number of furan rings is 1. The van der Waals surface area contributed by atoms with Crippen molar-refractivity contribution in [2.75, 3.05) is 7.11 Å². The molecule has 0 atom stereocenters. The molecule has 1 heterocycles. The van der Waals surface area contributed by atoms with Gasteiger partial charge < -0.3 is 13.9 Å². The molecule has 0 saturated heterocycles. The molecule has 0 aliphatic carbocycles. The molecule has 19 heavy (non-hydrogen) atoms. The molecular weight excluding hydrogens is 319 g/mol. The second-order valence-electron chi connectivity index (χ2n) is 3.62. The quantitative estimate of drug-likeness (QED) is 0.805. The Morgan fingerprint density at radius 1 is 1.37 bits per heavy atom. The summed E-state index contributed by atoms with van der Waals surface area (Å²) in [7, 11) is 1.26. The van der Waals surface area contributed by atoms with Crippen molar-refractivity contribution in [2.24, 2.45) is 0 Å². The van der Waals surface area contributed by atoms with Gasteiger partial charge in [0, 0.05) is 4.47 Å². The van der Waals surface area contributed by atoms with E-state index in [1.807, 2.05) is 0 Å². The number of halogens is 2. The summed E-state index contributed by atoms with van der Waals surface area (Å²) in [5.74, 6) is -0.450. The minimum Gasteiger partial charge on any atom is -0.483 e. The van der Waals surface area contributed by atoms with Gasteiger partial charge >= 0.3 is 5.97 Å². The van der Waals surface area contributed by atoms with Crippen molar-refractivity contribution >= 4 is 21.9 Å². The fourth-order valence-electron chi connectivity index (χ4n) is 1.41. The van der Waals surface area contributed by atoms with Crippen molar-refractivity contribution < 1.29 is 23.1 Å². The number of ether oxygens (including phenoxy) is 2. The molecule has 1 aromatic carbocycles. The summed E-state index contributed by atoms with van der Waals surface area (Å²) in [6.07, 6.45) is 0. The SMILES string of the molecule is COC(=O)c1ccc(COc2ccc(Br)cc2F)o1. The molecule has 6 heteroatoms. The molecule has 4 nitrogen and oxygen atoms in total. The zero-order chi connectivity index (χ0) is 13.8. The van der Waals surface area contributed by atoms with Gasteiger partial charge in [-0.2, -0.15) is 0 Å². The van der Waals surface area contributed by atoms with E-state index in [2.05, 4.69) is 20.7 Å². The van der Waals surface area contributed by atoms with Crippen LogP contribution in [0, 0.1) is 5.82 Å². The average Bonchev–Trinajstić information content (AvgIpc) is 2.85. The number of methoxy groups -OCH3 is 1. The van der Waals surface area contributed by atoms with E-state index in [9.17, 15) is 9.18 Å². The van der Waals surface area contributed by atoms with E-state index in [0.717, 1.165) is 0 Å². The third-order valence-electron chi connectivity index (χ3n) is 2.31. The van der Waals surface area contributed by atoms with Crippen LogP contribution in [-0.2, 0) is 11.3 Å². The predicted molar refractivity (Wildman–Crippen MR) is 68.5 cm³/mol. The first kappa shape index (κ1) is 13.6. The predicted octanol–water partition coefficient (Wildman–Crippen LogP) is 3.55. The normalized spacial score (nSPS) is 10.3. The van der Waals surface area contributed by atoms with Gasteiger partial charge in [-0.05, 0) is 30.3 Å². The van der Waals surface area contributed by atoms with Crippen LogP contribution in [0.1, 0.15) is 16.3 Å². The highest BCUT2D eigenvalue weighted by atomic mass is 79.9. The summed E-state index contributed by atoms with van der Waals surface area (Å²) in [5.41, 5.74) is 0. The Hall–Kier alpha value is -1.82. The summed E-state index contributed by atoms with van der Waals surface area (Å²) in [6.45, 7) is 0.0234. The summed E-state index contributed by atoms with van der Waals surface area (Å²) < 4.78 is 29.1. The number of rotatable bonds is 4. The van der Waals surface area contributed by atoms with E-state index in [0.29, 0.717) is 10.2 Å². The number of hydrogen-bond acceptors (Lipinski definition) is 4. The van der Waals surface area contributed by atoms with Crippen molar-refractivity contribution in [3.63, 3.8) is 0 Å². The van der Waals surface area contributed by atoms with E-state index in [4.69, 9.17) is 9.15 Å². The largest absolute Gasteiger partial charge is 0.483 e. The molecule has 0 N–H and O–H groups in total. The summed E-state index contributed by atoms with van der Waals surface area (Å²) in [5, 5.41) is 0. The van der Waals surface area contributed by atoms with Gasteiger partial charge in [-0.3, -0.25) is 0 Å². The fraction of sp³-hybridized carbons (Fsp3) is 0.154. The molecule has 0 saturated carbocycles. The van der Waals surface area contributed by atoms with Crippen molar-refractivity contribution in [3.05, 3.63) is 52.1 Å². The van der Waals surface area contributed by atoms with Crippen LogP contribution in [0.3, 0.4) is 0 Å². The first-order valence-corrected chi connectivity index (χ1v) is 6.14. The van der Waals surface area contributed by atoms with Gasteiger partial charge in [0.25, 0.3) is 0 Å². The van der Waals surface area contributed by atoms with Gasteiger partial charge in [0.2, 0.25) is 5.76 Å². The minimum absolute atomic E-state index is 0.0234. The van der Waals surface area contributed by atoms with E-state index in [1.54, 1.807) is 12.1 Å². The lowest BCUT2D eigenvalue weighted by molar-refractivity contribution is 0.0561. The van der Waals surface area contributed by atoms with E-state index < -0.39 is 11.8 Å². The molecule has 0 amide bonds. The molecule has 0 unspecified atom stereocenters. The summed E-state index contributed by atoms with van der Waals surface area (Å²) in [6, 6.07) is 7.52. The van der Waals surface area contributed by atoms with Crippen LogP contribution in [-0.4, -0.2) is 13.1 Å². The Bertz CT molecular complexity index is 594. The maximum atomic E-state index is 13.5. The number of carbonyl (C=O) groups is 1. The number of hydrogen-bond donors (Lipinski definition) is 0. The van der Waals surface area contributed by atoms with Crippen molar-refractivity contribution in [2.45, 2.75) is 6.61 Å². The maximum absolute atomic E-state index is 13.5. The van der Waals surface area contributed by atoms with Crippen molar-refractivity contribution in [1.82, 2.24) is 0 Å². The summed E-state index contributed by atoms with van der Waals surface area (Å²) in [4.78, 5) is 11.2. The third kappa shape index (κ3) is 3.35. The number of carbonyl (C=O) groups excluding carboxylic acids is 1. The average molecular weight is 329 g/mol. The monoisotopic (exact) mass is 328 g/mol. The zero-order valence-electron chi connectivity index (χ0n) is 9.98. The molecule has 2 aromatic rings. The third-order valence-corrected chi connectivity index (χ3v) is 2.81. The molecule has 100 valence electrons. The zero-order valence-corrected chi connectivity index (χ0v) is 11.6. The topological polar surface area (TPSA) is 48.7 Å². The number of benzene rings is 1. The lowest BCUT2D eigenvalue weighted by Gasteiger charge is -2.05. The molecule has 1 aromatic heterocycles. The molecule has 0 bridgehead atoms. The lowest BCUT2D eigenvalue weighted by Crippen LogP contribution is -1.99. The van der Waals surface area contributed by atoms with Crippen LogP contribution in [0.4, 0.5) is 4.39 Å². The van der Waals surface area contributed by atoms with E-state index >= 15 is 0 Å². The molecule has 0 spiro atoms. The molecule has 0 aliphatic rings. The van der Waals surface area contributed by atoms with Crippen molar-refractivity contribution in [3.8, 4) is 5.75 Å². The Kier molecular flexibility index (Phi) is 4.21. The van der Waals surface area contributed by atoms with Crippen LogP contribution in [0.25, 0.3) is 0 Å². The first-order valence-electron chi connectivity index (χ1n) is 5.35. The number of esters is 1. The van der Waals surface area contributed by atoms with Gasteiger partial charge in [0.05, 0.1) is 7.11 Å². The van der Waals surface area contributed by atoms with Crippen LogP contribution >= 0.6 is 15.9 Å². The van der Waals surface area contributed by atoms with Crippen LogP contribution in [0.5, 0.6) is 5.75 Å². The van der Waals surface area contributed by atoms with Crippen LogP contribution < -0.4 is 4.74 Å². The van der Waals surface area contributed by atoms with Gasteiger partial charge in [-0.15, -0.1) is 0 Å². The fourth-order valence-corrected chi connectivity index (χ4v) is 1.74.